The van der Waals surface area contributed by atoms with E-state index < -0.39 is 6.10 Å². The van der Waals surface area contributed by atoms with Gasteiger partial charge < -0.3 is 5.11 Å². The highest BCUT2D eigenvalue weighted by Gasteiger charge is 2.21. The van der Waals surface area contributed by atoms with Crippen molar-refractivity contribution in [3.8, 4) is 0 Å². The Labute approximate surface area is 107 Å². The average Bonchev–Trinajstić information content (AvgIpc) is 2.87. The zero-order valence-electron chi connectivity index (χ0n) is 10.8. The molecule has 1 aromatic heterocycles. The molecule has 2 unspecified atom stereocenters. The van der Waals surface area contributed by atoms with Gasteiger partial charge in [-0.25, -0.2) is 4.68 Å². The lowest BCUT2D eigenvalue weighted by Crippen LogP contribution is -2.14. The fraction of sp³-hybridized carbons (Fsp3) is 0.429. The van der Waals surface area contributed by atoms with Gasteiger partial charge in [0.2, 0.25) is 0 Å². The van der Waals surface area contributed by atoms with Gasteiger partial charge in [-0.15, -0.1) is 5.10 Å². The molecule has 0 saturated heterocycles. The van der Waals surface area contributed by atoms with Crippen molar-refractivity contribution < 1.29 is 5.11 Å². The molecule has 1 N–H and O–H groups in total. The van der Waals surface area contributed by atoms with Gasteiger partial charge in [0.1, 0.15) is 6.10 Å². The molecule has 0 fully saturated rings. The second-order valence-electron chi connectivity index (χ2n) is 4.53. The number of aromatic nitrogens is 3. The number of aliphatic hydroxyl groups is 1. The molecule has 4 heteroatoms. The van der Waals surface area contributed by atoms with Gasteiger partial charge in [0, 0.05) is 12.5 Å². The number of hydrogen-bond acceptors (Lipinski definition) is 3. The summed E-state index contributed by atoms with van der Waals surface area (Å²) < 4.78 is 1.78. The van der Waals surface area contributed by atoms with Gasteiger partial charge in [-0.2, -0.15) is 0 Å². The highest BCUT2D eigenvalue weighted by Crippen LogP contribution is 2.29. The second kappa shape index (κ2) is 5.78. The summed E-state index contributed by atoms with van der Waals surface area (Å²) in [5.41, 5.74) is 1.91. The van der Waals surface area contributed by atoms with Crippen LogP contribution in [-0.2, 0) is 6.54 Å². The molecule has 2 aromatic rings. The van der Waals surface area contributed by atoms with Crippen LogP contribution in [0, 0.1) is 0 Å². The normalized spacial score (nSPS) is 14.4. The SMILES string of the molecule is CCCn1nncc1C(O)C(C)c1ccccc1. The highest BCUT2D eigenvalue weighted by molar-refractivity contribution is 5.22. The van der Waals surface area contributed by atoms with Crippen molar-refractivity contribution in [3.05, 3.63) is 47.8 Å². The Morgan fingerprint density at radius 1 is 1.28 bits per heavy atom. The smallest absolute Gasteiger partial charge is 0.104 e. The van der Waals surface area contributed by atoms with Crippen LogP contribution in [0.25, 0.3) is 0 Å². The maximum Gasteiger partial charge on any atom is 0.104 e. The van der Waals surface area contributed by atoms with E-state index in [2.05, 4.69) is 17.2 Å². The third-order valence-electron chi connectivity index (χ3n) is 3.19. The van der Waals surface area contributed by atoms with Crippen molar-refractivity contribution in [3.63, 3.8) is 0 Å². The van der Waals surface area contributed by atoms with Crippen molar-refractivity contribution in [2.24, 2.45) is 0 Å². The summed E-state index contributed by atoms with van der Waals surface area (Å²) in [6, 6.07) is 10.0. The van der Waals surface area contributed by atoms with Gasteiger partial charge in [0.15, 0.2) is 0 Å². The van der Waals surface area contributed by atoms with E-state index in [0.717, 1.165) is 24.2 Å². The van der Waals surface area contributed by atoms with Gasteiger partial charge in [-0.3, -0.25) is 0 Å². The molecule has 0 saturated carbocycles. The first kappa shape index (κ1) is 12.8. The summed E-state index contributed by atoms with van der Waals surface area (Å²) >= 11 is 0. The largest absolute Gasteiger partial charge is 0.386 e. The number of hydrogen-bond donors (Lipinski definition) is 1. The topological polar surface area (TPSA) is 50.9 Å². The van der Waals surface area contributed by atoms with Crippen LogP contribution >= 0.6 is 0 Å². The quantitative estimate of drug-likeness (QED) is 0.880. The minimum Gasteiger partial charge on any atom is -0.386 e. The molecule has 0 aliphatic heterocycles. The van der Waals surface area contributed by atoms with Crippen LogP contribution in [0.3, 0.4) is 0 Å². The number of aliphatic hydroxyl groups excluding tert-OH is 1. The molecule has 2 rings (SSSR count). The van der Waals surface area contributed by atoms with Crippen molar-refractivity contribution in [2.75, 3.05) is 0 Å². The molecule has 96 valence electrons. The molecule has 1 aromatic carbocycles. The number of rotatable bonds is 5. The highest BCUT2D eigenvalue weighted by atomic mass is 16.3. The molecule has 0 amide bonds. The van der Waals surface area contributed by atoms with E-state index in [1.807, 2.05) is 37.3 Å². The molecule has 0 bridgehead atoms. The van der Waals surface area contributed by atoms with E-state index >= 15 is 0 Å². The lowest BCUT2D eigenvalue weighted by molar-refractivity contribution is 0.140. The lowest BCUT2D eigenvalue weighted by Gasteiger charge is -2.19. The molecular weight excluding hydrogens is 226 g/mol. The molecule has 18 heavy (non-hydrogen) atoms. The summed E-state index contributed by atoms with van der Waals surface area (Å²) in [6.07, 6.45) is 2.05. The Bertz CT molecular complexity index is 481. The number of aryl methyl sites for hydroxylation is 1. The molecule has 1 heterocycles. The number of benzene rings is 1. The van der Waals surface area contributed by atoms with Crippen LogP contribution in [0.2, 0.25) is 0 Å². The first-order valence-electron chi connectivity index (χ1n) is 6.35. The van der Waals surface area contributed by atoms with Crippen LogP contribution in [0.1, 0.15) is 43.5 Å². The van der Waals surface area contributed by atoms with Gasteiger partial charge in [-0.1, -0.05) is 49.4 Å². The third-order valence-corrected chi connectivity index (χ3v) is 3.19. The van der Waals surface area contributed by atoms with E-state index in [-0.39, 0.29) is 5.92 Å². The van der Waals surface area contributed by atoms with E-state index in [9.17, 15) is 5.11 Å². The van der Waals surface area contributed by atoms with Gasteiger partial charge in [0.05, 0.1) is 11.9 Å². The van der Waals surface area contributed by atoms with Gasteiger partial charge in [-0.05, 0) is 12.0 Å². The first-order valence-corrected chi connectivity index (χ1v) is 6.35. The van der Waals surface area contributed by atoms with Crippen molar-refractivity contribution >= 4 is 0 Å². The monoisotopic (exact) mass is 245 g/mol. The van der Waals surface area contributed by atoms with E-state index in [1.54, 1.807) is 10.9 Å². The summed E-state index contributed by atoms with van der Waals surface area (Å²) in [4.78, 5) is 0. The van der Waals surface area contributed by atoms with E-state index in [4.69, 9.17) is 0 Å². The zero-order chi connectivity index (χ0) is 13.0. The maximum absolute atomic E-state index is 10.4. The number of nitrogens with zero attached hydrogens (tertiary/aromatic N) is 3. The maximum atomic E-state index is 10.4. The fourth-order valence-electron chi connectivity index (χ4n) is 2.08. The van der Waals surface area contributed by atoms with Crippen LogP contribution in [-0.4, -0.2) is 20.1 Å². The van der Waals surface area contributed by atoms with Crippen LogP contribution < -0.4 is 0 Å². The third kappa shape index (κ3) is 2.59. The molecule has 4 nitrogen and oxygen atoms in total. The Morgan fingerprint density at radius 2 is 2.00 bits per heavy atom. The van der Waals surface area contributed by atoms with Crippen LogP contribution in [0.5, 0.6) is 0 Å². The molecular formula is C14H19N3O. The van der Waals surface area contributed by atoms with Crippen molar-refractivity contribution in [2.45, 2.75) is 38.8 Å². The summed E-state index contributed by atoms with van der Waals surface area (Å²) in [5, 5.41) is 18.3. The summed E-state index contributed by atoms with van der Waals surface area (Å²) in [6.45, 7) is 4.88. The zero-order valence-corrected chi connectivity index (χ0v) is 10.8. The van der Waals surface area contributed by atoms with Crippen molar-refractivity contribution in [1.29, 1.82) is 0 Å². The second-order valence-corrected chi connectivity index (χ2v) is 4.53. The minimum absolute atomic E-state index is 0.0281. The molecule has 0 aliphatic rings. The molecule has 0 spiro atoms. The first-order chi connectivity index (χ1) is 8.74. The summed E-state index contributed by atoms with van der Waals surface area (Å²) in [7, 11) is 0. The molecule has 0 aliphatic carbocycles. The molecule has 0 radical (unpaired) electrons. The predicted molar refractivity (Wildman–Crippen MR) is 70.1 cm³/mol. The Balaban J connectivity index is 2.20. The van der Waals surface area contributed by atoms with Gasteiger partial charge >= 0.3 is 0 Å². The summed E-state index contributed by atoms with van der Waals surface area (Å²) in [5.74, 6) is 0.0281. The fourth-order valence-corrected chi connectivity index (χ4v) is 2.08. The van der Waals surface area contributed by atoms with Crippen LogP contribution in [0.4, 0.5) is 0 Å². The Hall–Kier alpha value is -1.68. The average molecular weight is 245 g/mol. The van der Waals surface area contributed by atoms with Crippen molar-refractivity contribution in [1.82, 2.24) is 15.0 Å². The minimum atomic E-state index is -0.575. The van der Waals surface area contributed by atoms with Gasteiger partial charge in [0.25, 0.3) is 0 Å². The Morgan fingerprint density at radius 3 is 2.67 bits per heavy atom. The molecule has 2 atom stereocenters. The van der Waals surface area contributed by atoms with E-state index in [1.165, 1.54) is 0 Å². The standard InChI is InChI=1S/C14H19N3O/c1-3-9-17-13(10-15-16-17)14(18)11(2)12-7-5-4-6-8-12/h4-8,10-11,14,18H,3,9H2,1-2H3. The van der Waals surface area contributed by atoms with Crippen LogP contribution in [0.15, 0.2) is 36.5 Å². The Kier molecular flexibility index (Phi) is 4.10. The predicted octanol–water partition coefficient (Wildman–Crippen LogP) is 2.53. The van der Waals surface area contributed by atoms with E-state index in [0.29, 0.717) is 0 Å². The lowest BCUT2D eigenvalue weighted by atomic mass is 9.94.